The molecule has 1 saturated carbocycles. The van der Waals surface area contributed by atoms with Gasteiger partial charge in [-0.05, 0) is 57.2 Å². The third-order valence-electron chi connectivity index (χ3n) is 6.34. The molecule has 0 aromatic heterocycles. The summed E-state index contributed by atoms with van der Waals surface area (Å²) in [6.07, 6.45) is 3.37. The standard InChI is InChI=1S/C20H28N2O2/c1-14-13-24-18(16-6-4-3-5-7-16)15(2)22(14)19(23)17-12-20(17)8-10-21-11-9-20/h3-7,14-15,17-18,21H,8-13H2,1-2H3. The molecule has 4 heteroatoms. The Morgan fingerprint density at radius 2 is 1.92 bits per heavy atom. The molecule has 4 unspecified atom stereocenters. The molecule has 3 aliphatic rings. The molecule has 1 aromatic rings. The predicted octanol–water partition coefficient (Wildman–Crippen LogP) is 2.75. The molecule has 1 N–H and O–H groups in total. The highest BCUT2D eigenvalue weighted by Gasteiger charge is 2.59. The van der Waals surface area contributed by atoms with Crippen LogP contribution in [0.5, 0.6) is 0 Å². The van der Waals surface area contributed by atoms with Crippen LogP contribution in [-0.4, -0.2) is 42.6 Å². The van der Waals surface area contributed by atoms with Gasteiger partial charge in [0.1, 0.15) is 6.10 Å². The molecule has 1 aromatic carbocycles. The predicted molar refractivity (Wildman–Crippen MR) is 93.5 cm³/mol. The zero-order chi connectivity index (χ0) is 16.7. The van der Waals surface area contributed by atoms with E-state index in [4.69, 9.17) is 4.74 Å². The fourth-order valence-corrected chi connectivity index (χ4v) is 4.80. The van der Waals surface area contributed by atoms with Gasteiger partial charge in [0, 0.05) is 5.92 Å². The van der Waals surface area contributed by atoms with E-state index in [1.54, 1.807) is 0 Å². The van der Waals surface area contributed by atoms with Gasteiger partial charge in [-0.1, -0.05) is 30.3 Å². The van der Waals surface area contributed by atoms with Crippen LogP contribution in [0.1, 0.15) is 44.8 Å². The number of hydrogen-bond acceptors (Lipinski definition) is 3. The van der Waals surface area contributed by atoms with E-state index in [-0.39, 0.29) is 24.1 Å². The molecular weight excluding hydrogens is 300 g/mol. The summed E-state index contributed by atoms with van der Waals surface area (Å²) >= 11 is 0. The molecule has 3 fully saturated rings. The number of piperidine rings is 1. The molecule has 4 atom stereocenters. The average Bonchev–Trinajstić information content (AvgIpc) is 3.29. The molecule has 1 spiro atoms. The summed E-state index contributed by atoms with van der Waals surface area (Å²) in [6.45, 7) is 7.00. The van der Waals surface area contributed by atoms with Crippen LogP contribution in [0.2, 0.25) is 0 Å². The first kappa shape index (κ1) is 16.1. The van der Waals surface area contributed by atoms with Gasteiger partial charge >= 0.3 is 0 Å². The fraction of sp³-hybridized carbons (Fsp3) is 0.650. The smallest absolute Gasteiger partial charge is 0.226 e. The van der Waals surface area contributed by atoms with Gasteiger partial charge in [0.15, 0.2) is 0 Å². The first-order chi connectivity index (χ1) is 11.6. The summed E-state index contributed by atoms with van der Waals surface area (Å²) in [5.74, 6) is 0.597. The molecule has 2 aliphatic heterocycles. The van der Waals surface area contributed by atoms with Crippen LogP contribution in [-0.2, 0) is 9.53 Å². The Morgan fingerprint density at radius 3 is 2.62 bits per heavy atom. The number of amides is 1. The van der Waals surface area contributed by atoms with Crippen molar-refractivity contribution in [1.82, 2.24) is 10.2 Å². The second-order valence-electron chi connectivity index (χ2n) is 7.87. The lowest BCUT2D eigenvalue weighted by atomic mass is 9.90. The second-order valence-corrected chi connectivity index (χ2v) is 7.87. The van der Waals surface area contributed by atoms with Crippen LogP contribution in [0, 0.1) is 11.3 Å². The largest absolute Gasteiger partial charge is 0.369 e. The number of nitrogens with zero attached hydrogens (tertiary/aromatic N) is 1. The number of rotatable bonds is 2. The van der Waals surface area contributed by atoms with Crippen molar-refractivity contribution in [2.24, 2.45) is 11.3 Å². The number of carbonyl (C=O) groups excluding carboxylic acids is 1. The summed E-state index contributed by atoms with van der Waals surface area (Å²) in [6, 6.07) is 10.6. The van der Waals surface area contributed by atoms with Gasteiger partial charge < -0.3 is 15.0 Å². The summed E-state index contributed by atoms with van der Waals surface area (Å²) in [5.41, 5.74) is 1.46. The molecule has 0 radical (unpaired) electrons. The van der Waals surface area contributed by atoms with Gasteiger partial charge in [-0.15, -0.1) is 0 Å². The molecule has 2 saturated heterocycles. The van der Waals surface area contributed by atoms with Crippen LogP contribution < -0.4 is 5.32 Å². The highest BCUT2D eigenvalue weighted by Crippen LogP contribution is 2.59. The molecule has 4 rings (SSSR count). The number of hydrogen-bond donors (Lipinski definition) is 1. The first-order valence-electron chi connectivity index (χ1n) is 9.32. The Kier molecular flexibility index (Phi) is 4.13. The zero-order valence-corrected chi connectivity index (χ0v) is 14.7. The number of ether oxygens (including phenoxy) is 1. The number of carbonyl (C=O) groups is 1. The first-order valence-corrected chi connectivity index (χ1v) is 9.32. The van der Waals surface area contributed by atoms with Crippen molar-refractivity contribution in [3.8, 4) is 0 Å². The van der Waals surface area contributed by atoms with Crippen molar-refractivity contribution >= 4 is 5.91 Å². The van der Waals surface area contributed by atoms with E-state index in [0.717, 1.165) is 32.4 Å². The summed E-state index contributed by atoms with van der Waals surface area (Å²) < 4.78 is 6.10. The van der Waals surface area contributed by atoms with Crippen LogP contribution in [0.4, 0.5) is 0 Å². The SMILES string of the molecule is CC1COC(c2ccccc2)C(C)N1C(=O)C1CC12CCNCC2. The highest BCUT2D eigenvalue weighted by molar-refractivity contribution is 5.83. The van der Waals surface area contributed by atoms with E-state index in [1.807, 2.05) is 18.2 Å². The summed E-state index contributed by atoms with van der Waals surface area (Å²) in [5, 5.41) is 3.42. The number of morpholine rings is 1. The Labute approximate surface area is 144 Å². The van der Waals surface area contributed by atoms with Crippen LogP contribution in [0.15, 0.2) is 30.3 Å². The second kappa shape index (κ2) is 6.16. The zero-order valence-electron chi connectivity index (χ0n) is 14.7. The van der Waals surface area contributed by atoms with Crippen molar-refractivity contribution in [3.05, 3.63) is 35.9 Å². The van der Waals surface area contributed by atoms with E-state index in [9.17, 15) is 4.79 Å². The molecule has 1 amide bonds. The van der Waals surface area contributed by atoms with E-state index in [0.29, 0.717) is 17.9 Å². The van der Waals surface area contributed by atoms with Crippen molar-refractivity contribution in [2.75, 3.05) is 19.7 Å². The third-order valence-corrected chi connectivity index (χ3v) is 6.34. The van der Waals surface area contributed by atoms with Crippen molar-refractivity contribution < 1.29 is 9.53 Å². The molecule has 1 aliphatic carbocycles. The third kappa shape index (κ3) is 2.66. The van der Waals surface area contributed by atoms with Gasteiger partial charge in [-0.25, -0.2) is 0 Å². The Morgan fingerprint density at radius 1 is 1.21 bits per heavy atom. The molecule has 0 bridgehead atoms. The van der Waals surface area contributed by atoms with Crippen molar-refractivity contribution in [2.45, 2.75) is 51.3 Å². The molecule has 24 heavy (non-hydrogen) atoms. The maximum atomic E-state index is 13.3. The lowest BCUT2D eigenvalue weighted by Gasteiger charge is -2.44. The molecule has 2 heterocycles. The van der Waals surface area contributed by atoms with Gasteiger partial charge in [0.05, 0.1) is 18.7 Å². The topological polar surface area (TPSA) is 41.6 Å². The van der Waals surface area contributed by atoms with Gasteiger partial charge in [0.25, 0.3) is 0 Å². The quantitative estimate of drug-likeness (QED) is 0.908. The van der Waals surface area contributed by atoms with Crippen LogP contribution in [0.25, 0.3) is 0 Å². The lowest BCUT2D eigenvalue weighted by molar-refractivity contribution is -0.155. The van der Waals surface area contributed by atoms with Crippen LogP contribution >= 0.6 is 0 Å². The van der Waals surface area contributed by atoms with Gasteiger partial charge in [-0.3, -0.25) is 4.79 Å². The highest BCUT2D eigenvalue weighted by atomic mass is 16.5. The maximum Gasteiger partial charge on any atom is 0.226 e. The Balaban J connectivity index is 1.52. The molecule has 130 valence electrons. The average molecular weight is 328 g/mol. The van der Waals surface area contributed by atoms with Gasteiger partial charge in [-0.2, -0.15) is 0 Å². The fourth-order valence-electron chi connectivity index (χ4n) is 4.80. The van der Waals surface area contributed by atoms with E-state index < -0.39 is 0 Å². The van der Waals surface area contributed by atoms with Crippen molar-refractivity contribution in [3.63, 3.8) is 0 Å². The number of nitrogens with one attached hydrogen (secondary N) is 1. The minimum Gasteiger partial charge on any atom is -0.369 e. The molecule has 4 nitrogen and oxygen atoms in total. The van der Waals surface area contributed by atoms with Gasteiger partial charge in [0.2, 0.25) is 5.91 Å². The molecular formula is C20H28N2O2. The minimum atomic E-state index is -0.0194. The maximum absolute atomic E-state index is 13.3. The summed E-state index contributed by atoms with van der Waals surface area (Å²) in [4.78, 5) is 15.4. The van der Waals surface area contributed by atoms with Crippen molar-refractivity contribution in [1.29, 1.82) is 0 Å². The van der Waals surface area contributed by atoms with E-state index in [2.05, 4.69) is 36.2 Å². The van der Waals surface area contributed by atoms with E-state index in [1.165, 1.54) is 5.56 Å². The Bertz CT molecular complexity index is 597. The summed E-state index contributed by atoms with van der Waals surface area (Å²) in [7, 11) is 0. The Hall–Kier alpha value is -1.39. The minimum absolute atomic E-state index is 0.0194. The lowest BCUT2D eigenvalue weighted by Crippen LogP contribution is -2.54. The van der Waals surface area contributed by atoms with Crippen LogP contribution in [0.3, 0.4) is 0 Å². The normalized spacial score (nSPS) is 35.0. The number of benzene rings is 1. The monoisotopic (exact) mass is 328 g/mol. The van der Waals surface area contributed by atoms with E-state index >= 15 is 0 Å².